The first-order chi connectivity index (χ1) is 9.58. The van der Waals surface area contributed by atoms with E-state index in [1.807, 2.05) is 12.1 Å². The maximum atomic E-state index is 5.98. The summed E-state index contributed by atoms with van der Waals surface area (Å²) in [5, 5.41) is 2.12. The topological polar surface area (TPSA) is 4.93 Å². The Bertz CT molecular complexity index is 753. The highest BCUT2D eigenvalue weighted by Gasteiger charge is 2.14. The second kappa shape index (κ2) is 4.99. The molecule has 20 heavy (non-hydrogen) atoms. The van der Waals surface area contributed by atoms with Gasteiger partial charge in [-0.1, -0.05) is 42.8 Å². The molecule has 1 nitrogen and oxygen atoms in total. The number of benzene rings is 2. The van der Waals surface area contributed by atoms with Crippen molar-refractivity contribution in [3.63, 3.8) is 0 Å². The van der Waals surface area contributed by atoms with Crippen LogP contribution in [0.5, 0.6) is 0 Å². The molecule has 0 spiro atoms. The lowest BCUT2D eigenvalue weighted by Gasteiger charge is -2.16. The minimum atomic E-state index is 0.351. The third kappa shape index (κ3) is 2.12. The van der Waals surface area contributed by atoms with Gasteiger partial charge in [0.05, 0.1) is 5.52 Å². The quantitative estimate of drug-likeness (QED) is 0.602. The van der Waals surface area contributed by atoms with Gasteiger partial charge in [0.2, 0.25) is 0 Å². The molecule has 102 valence electrons. The zero-order valence-corrected chi connectivity index (χ0v) is 12.8. The Kier molecular flexibility index (Phi) is 3.31. The van der Waals surface area contributed by atoms with Crippen LogP contribution in [0.2, 0.25) is 5.02 Å². The molecular formula is C18H18ClN. The first kappa shape index (κ1) is 13.3. The third-order valence-corrected chi connectivity index (χ3v) is 4.37. The first-order valence-corrected chi connectivity index (χ1v) is 7.25. The predicted molar refractivity (Wildman–Crippen MR) is 86.6 cm³/mol. The third-order valence-electron chi connectivity index (χ3n) is 4.12. The van der Waals surface area contributed by atoms with Gasteiger partial charge >= 0.3 is 0 Å². The molecule has 1 atom stereocenters. The Morgan fingerprint density at radius 1 is 1.00 bits per heavy atom. The van der Waals surface area contributed by atoms with Crippen LogP contribution < -0.4 is 0 Å². The molecular weight excluding hydrogens is 266 g/mol. The second-order valence-corrected chi connectivity index (χ2v) is 5.87. The monoisotopic (exact) mass is 283 g/mol. The van der Waals surface area contributed by atoms with Gasteiger partial charge in [-0.25, -0.2) is 0 Å². The molecule has 0 saturated carbocycles. The van der Waals surface area contributed by atoms with Crippen molar-refractivity contribution in [1.29, 1.82) is 0 Å². The molecule has 0 fully saturated rings. The molecule has 3 rings (SSSR count). The Morgan fingerprint density at radius 3 is 2.40 bits per heavy atom. The van der Waals surface area contributed by atoms with E-state index < -0.39 is 0 Å². The highest BCUT2D eigenvalue weighted by atomic mass is 35.5. The fourth-order valence-corrected chi connectivity index (χ4v) is 3.00. The first-order valence-electron chi connectivity index (χ1n) is 6.88. The minimum Gasteiger partial charge on any atom is -0.350 e. The number of hydrogen-bond acceptors (Lipinski definition) is 0. The molecule has 1 heterocycles. The maximum absolute atomic E-state index is 5.98. The van der Waals surface area contributed by atoms with Crippen molar-refractivity contribution >= 4 is 22.5 Å². The largest absolute Gasteiger partial charge is 0.350 e. The van der Waals surface area contributed by atoms with E-state index in [0.29, 0.717) is 5.92 Å². The Morgan fingerprint density at radius 2 is 1.70 bits per heavy atom. The van der Waals surface area contributed by atoms with Crippen molar-refractivity contribution in [3.05, 3.63) is 70.4 Å². The van der Waals surface area contributed by atoms with Gasteiger partial charge in [0.15, 0.2) is 0 Å². The van der Waals surface area contributed by atoms with E-state index in [1.54, 1.807) is 0 Å². The number of aromatic nitrogens is 1. The van der Waals surface area contributed by atoms with Crippen LogP contribution >= 0.6 is 11.6 Å². The summed E-state index contributed by atoms with van der Waals surface area (Å²) in [4.78, 5) is 0. The van der Waals surface area contributed by atoms with Crippen molar-refractivity contribution in [2.45, 2.75) is 19.8 Å². The van der Waals surface area contributed by atoms with Crippen LogP contribution in [-0.4, -0.2) is 4.57 Å². The fraction of sp³-hybridized carbons (Fsp3) is 0.222. The average molecular weight is 284 g/mol. The summed E-state index contributed by atoms with van der Waals surface area (Å²) in [5.41, 5.74) is 5.31. The van der Waals surface area contributed by atoms with Crippen molar-refractivity contribution < 1.29 is 0 Å². The molecule has 0 aliphatic rings. The second-order valence-electron chi connectivity index (χ2n) is 5.43. The van der Waals surface area contributed by atoms with Gasteiger partial charge < -0.3 is 4.57 Å². The number of hydrogen-bond donors (Lipinski definition) is 0. The van der Waals surface area contributed by atoms with E-state index in [0.717, 1.165) is 5.02 Å². The van der Waals surface area contributed by atoms with Gasteiger partial charge in [-0.05, 0) is 41.8 Å². The number of aryl methyl sites for hydroxylation is 2. The average Bonchev–Trinajstić information content (AvgIpc) is 2.83. The van der Waals surface area contributed by atoms with Gasteiger partial charge in [0, 0.05) is 29.6 Å². The number of nitrogens with zero attached hydrogens (tertiary/aromatic N) is 1. The number of fused-ring (bicyclic) bond motifs is 1. The zero-order valence-electron chi connectivity index (χ0n) is 12.0. The summed E-state index contributed by atoms with van der Waals surface area (Å²) in [7, 11) is 2.11. The zero-order chi connectivity index (χ0) is 14.3. The van der Waals surface area contributed by atoms with E-state index in [4.69, 9.17) is 11.6 Å². The molecule has 1 aromatic heterocycles. The lowest BCUT2D eigenvalue weighted by Crippen LogP contribution is -2.00. The van der Waals surface area contributed by atoms with Crippen LogP contribution in [0.1, 0.15) is 29.5 Å². The van der Waals surface area contributed by atoms with Crippen LogP contribution in [-0.2, 0) is 7.05 Å². The molecule has 3 aromatic rings. The predicted octanol–water partition coefficient (Wildman–Crippen LogP) is 5.29. The standard InChI is InChI=1S/C18H18ClN/c1-12-4-9-17(18-16(12)10-11-20(18)3)13(2)14-5-7-15(19)8-6-14/h4-11,13H,1-3H3. The number of halogens is 1. The molecule has 2 heteroatoms. The molecule has 2 aromatic carbocycles. The molecule has 0 aliphatic carbocycles. The molecule has 0 N–H and O–H groups in total. The Labute approximate surface area is 124 Å². The summed E-state index contributed by atoms with van der Waals surface area (Å²) in [6.45, 7) is 4.42. The smallest absolute Gasteiger partial charge is 0.0519 e. The van der Waals surface area contributed by atoms with Crippen LogP contribution in [0.25, 0.3) is 10.9 Å². The molecule has 0 saturated heterocycles. The molecule has 0 radical (unpaired) electrons. The summed E-state index contributed by atoms with van der Waals surface area (Å²) in [5.74, 6) is 0.351. The van der Waals surface area contributed by atoms with E-state index in [-0.39, 0.29) is 0 Å². The Balaban J connectivity index is 2.16. The molecule has 0 amide bonds. The summed E-state index contributed by atoms with van der Waals surface area (Å²) < 4.78 is 2.21. The van der Waals surface area contributed by atoms with Crippen LogP contribution in [0, 0.1) is 6.92 Å². The van der Waals surface area contributed by atoms with Gasteiger partial charge in [-0.2, -0.15) is 0 Å². The summed E-state index contributed by atoms with van der Waals surface area (Å²) >= 11 is 5.98. The van der Waals surface area contributed by atoms with Crippen LogP contribution in [0.15, 0.2) is 48.7 Å². The van der Waals surface area contributed by atoms with Gasteiger partial charge in [-0.3, -0.25) is 0 Å². The number of rotatable bonds is 2. The van der Waals surface area contributed by atoms with Crippen molar-refractivity contribution in [2.24, 2.45) is 7.05 Å². The summed E-state index contributed by atoms with van der Waals surface area (Å²) in [6, 6.07) is 14.8. The van der Waals surface area contributed by atoms with Crippen LogP contribution in [0.3, 0.4) is 0 Å². The van der Waals surface area contributed by atoms with Gasteiger partial charge in [0.25, 0.3) is 0 Å². The normalized spacial score (nSPS) is 12.8. The van der Waals surface area contributed by atoms with Crippen LogP contribution in [0.4, 0.5) is 0 Å². The van der Waals surface area contributed by atoms with Gasteiger partial charge in [-0.15, -0.1) is 0 Å². The SMILES string of the molecule is Cc1ccc(C(C)c2ccc(Cl)cc2)c2c1ccn2C. The van der Waals surface area contributed by atoms with Crippen molar-refractivity contribution in [2.75, 3.05) is 0 Å². The minimum absolute atomic E-state index is 0.351. The summed E-state index contributed by atoms with van der Waals surface area (Å²) in [6.07, 6.45) is 2.13. The maximum Gasteiger partial charge on any atom is 0.0519 e. The Hall–Kier alpha value is -1.73. The van der Waals surface area contributed by atoms with E-state index in [2.05, 4.69) is 62.0 Å². The van der Waals surface area contributed by atoms with E-state index in [9.17, 15) is 0 Å². The highest BCUT2D eigenvalue weighted by molar-refractivity contribution is 6.30. The van der Waals surface area contributed by atoms with Crippen molar-refractivity contribution in [1.82, 2.24) is 4.57 Å². The van der Waals surface area contributed by atoms with E-state index >= 15 is 0 Å². The van der Waals surface area contributed by atoms with Gasteiger partial charge in [0.1, 0.15) is 0 Å². The lowest BCUT2D eigenvalue weighted by molar-refractivity contribution is 0.898. The lowest BCUT2D eigenvalue weighted by atomic mass is 9.91. The molecule has 1 unspecified atom stereocenters. The molecule has 0 bridgehead atoms. The fourth-order valence-electron chi connectivity index (χ4n) is 2.87. The molecule has 0 aliphatic heterocycles. The highest BCUT2D eigenvalue weighted by Crippen LogP contribution is 2.32. The van der Waals surface area contributed by atoms with E-state index in [1.165, 1.54) is 27.6 Å². The van der Waals surface area contributed by atoms with Crippen molar-refractivity contribution in [3.8, 4) is 0 Å².